The Kier molecular flexibility index (Phi) is 4.58. The van der Waals surface area contributed by atoms with Crippen LogP contribution in [0.4, 0.5) is 0 Å². The van der Waals surface area contributed by atoms with E-state index in [1.165, 1.54) is 6.07 Å². The third kappa shape index (κ3) is 3.40. The molecule has 0 heterocycles. The van der Waals surface area contributed by atoms with Crippen LogP contribution in [0.15, 0.2) is 18.2 Å². The molecule has 3 N–H and O–H groups in total. The van der Waals surface area contributed by atoms with E-state index in [0.29, 0.717) is 17.2 Å². The number of amides is 1. The number of benzene rings is 1. The molecule has 0 fully saturated rings. The minimum absolute atomic E-state index is 0.123. The highest BCUT2D eigenvalue weighted by Gasteiger charge is 2.11. The van der Waals surface area contributed by atoms with Gasteiger partial charge in [0.15, 0.2) is 0 Å². The molecular weight excluding hydrogens is 230 g/mol. The molecule has 0 aliphatic carbocycles. The number of aliphatic hydroxyl groups is 1. The first-order chi connectivity index (χ1) is 7.54. The average molecular weight is 244 g/mol. The number of ether oxygens (including phenoxy) is 1. The standard InChI is InChI=1S/C11H14ClNO3/c1-2-8(14)6-16-10-4-3-7(12)5-9(10)11(13)15/h3-5,8,14H,2,6H2,1H3,(H2,13,15)/t8-/m0/s1. The number of nitrogens with two attached hydrogens (primary N) is 1. The van der Waals surface area contributed by atoms with E-state index in [2.05, 4.69) is 0 Å². The molecule has 0 aliphatic rings. The molecule has 0 spiro atoms. The number of hydrogen-bond donors (Lipinski definition) is 2. The smallest absolute Gasteiger partial charge is 0.252 e. The topological polar surface area (TPSA) is 72.6 Å². The fraction of sp³-hybridized carbons (Fsp3) is 0.364. The van der Waals surface area contributed by atoms with Crippen molar-refractivity contribution >= 4 is 17.5 Å². The lowest BCUT2D eigenvalue weighted by Crippen LogP contribution is -2.19. The summed E-state index contributed by atoms with van der Waals surface area (Å²) in [6.45, 7) is 1.96. The van der Waals surface area contributed by atoms with Gasteiger partial charge in [0.1, 0.15) is 12.4 Å². The van der Waals surface area contributed by atoms with Gasteiger partial charge in [-0.15, -0.1) is 0 Å². The maximum absolute atomic E-state index is 11.1. The van der Waals surface area contributed by atoms with E-state index < -0.39 is 12.0 Å². The van der Waals surface area contributed by atoms with Gasteiger partial charge in [-0.3, -0.25) is 4.79 Å². The van der Waals surface area contributed by atoms with E-state index in [1.54, 1.807) is 12.1 Å². The number of rotatable bonds is 5. The zero-order valence-corrected chi connectivity index (χ0v) is 9.70. The Morgan fingerprint density at radius 3 is 2.88 bits per heavy atom. The van der Waals surface area contributed by atoms with Crippen LogP contribution in [0.5, 0.6) is 5.75 Å². The first kappa shape index (κ1) is 12.8. The van der Waals surface area contributed by atoms with Crippen LogP contribution in [0.2, 0.25) is 5.02 Å². The SMILES string of the molecule is CC[C@H](O)COc1ccc(Cl)cc1C(N)=O. The van der Waals surface area contributed by atoms with Crippen LogP contribution in [-0.2, 0) is 0 Å². The molecule has 1 aromatic rings. The van der Waals surface area contributed by atoms with Crippen molar-refractivity contribution in [2.24, 2.45) is 5.73 Å². The van der Waals surface area contributed by atoms with Crippen LogP contribution in [0.3, 0.4) is 0 Å². The van der Waals surface area contributed by atoms with E-state index >= 15 is 0 Å². The lowest BCUT2D eigenvalue weighted by atomic mass is 10.2. The number of hydrogen-bond acceptors (Lipinski definition) is 3. The summed E-state index contributed by atoms with van der Waals surface area (Å²) in [6, 6.07) is 4.60. The predicted octanol–water partition coefficient (Wildman–Crippen LogP) is 1.59. The Morgan fingerprint density at radius 1 is 1.62 bits per heavy atom. The fourth-order valence-corrected chi connectivity index (χ4v) is 1.30. The summed E-state index contributed by atoms with van der Waals surface area (Å²) in [5, 5.41) is 9.75. The minimum atomic E-state index is -0.608. The lowest BCUT2D eigenvalue weighted by molar-refractivity contribution is 0.0957. The van der Waals surface area contributed by atoms with E-state index in [1.807, 2.05) is 6.92 Å². The van der Waals surface area contributed by atoms with Crippen molar-refractivity contribution in [2.75, 3.05) is 6.61 Å². The molecule has 1 rings (SSSR count). The highest BCUT2D eigenvalue weighted by atomic mass is 35.5. The largest absolute Gasteiger partial charge is 0.490 e. The van der Waals surface area contributed by atoms with Gasteiger partial charge in [0.2, 0.25) is 0 Å². The summed E-state index contributed by atoms with van der Waals surface area (Å²) in [7, 11) is 0. The number of primary amides is 1. The molecule has 4 nitrogen and oxygen atoms in total. The molecule has 5 heteroatoms. The van der Waals surface area contributed by atoms with Crippen LogP contribution in [0.1, 0.15) is 23.7 Å². The molecule has 1 atom stereocenters. The van der Waals surface area contributed by atoms with Crippen molar-refractivity contribution in [2.45, 2.75) is 19.4 Å². The highest BCUT2D eigenvalue weighted by molar-refractivity contribution is 6.31. The highest BCUT2D eigenvalue weighted by Crippen LogP contribution is 2.22. The van der Waals surface area contributed by atoms with E-state index in [4.69, 9.17) is 22.1 Å². The van der Waals surface area contributed by atoms with Gasteiger partial charge < -0.3 is 15.6 Å². The van der Waals surface area contributed by atoms with Gasteiger partial charge in [0.25, 0.3) is 5.91 Å². The molecule has 0 saturated heterocycles. The van der Waals surface area contributed by atoms with Gasteiger partial charge in [0.05, 0.1) is 11.7 Å². The molecule has 0 radical (unpaired) electrons. The van der Waals surface area contributed by atoms with E-state index in [-0.39, 0.29) is 12.2 Å². The summed E-state index contributed by atoms with van der Waals surface area (Å²) < 4.78 is 5.30. The molecular formula is C11H14ClNO3. The van der Waals surface area contributed by atoms with Crippen molar-refractivity contribution in [3.8, 4) is 5.75 Å². The Labute approximate surface area is 99.0 Å². The van der Waals surface area contributed by atoms with Gasteiger partial charge in [-0.05, 0) is 24.6 Å². The van der Waals surface area contributed by atoms with Crippen molar-refractivity contribution < 1.29 is 14.6 Å². The quantitative estimate of drug-likeness (QED) is 0.825. The molecule has 0 aliphatic heterocycles. The summed E-state index contributed by atoms with van der Waals surface area (Å²) in [5.41, 5.74) is 5.40. The average Bonchev–Trinajstić information content (AvgIpc) is 2.26. The second-order valence-electron chi connectivity index (χ2n) is 3.38. The number of carbonyl (C=O) groups is 1. The first-order valence-electron chi connectivity index (χ1n) is 4.94. The van der Waals surface area contributed by atoms with Crippen LogP contribution < -0.4 is 10.5 Å². The Hall–Kier alpha value is -1.26. The number of aliphatic hydroxyl groups excluding tert-OH is 1. The van der Waals surface area contributed by atoms with Crippen LogP contribution in [0.25, 0.3) is 0 Å². The Morgan fingerprint density at radius 2 is 2.31 bits per heavy atom. The second kappa shape index (κ2) is 5.72. The predicted molar refractivity (Wildman–Crippen MR) is 61.8 cm³/mol. The van der Waals surface area contributed by atoms with Crippen molar-refractivity contribution in [1.29, 1.82) is 0 Å². The van der Waals surface area contributed by atoms with Crippen LogP contribution in [0, 0.1) is 0 Å². The Bertz CT molecular complexity index is 381. The third-order valence-electron chi connectivity index (χ3n) is 2.11. The molecule has 88 valence electrons. The first-order valence-corrected chi connectivity index (χ1v) is 5.32. The van der Waals surface area contributed by atoms with Crippen LogP contribution in [-0.4, -0.2) is 23.7 Å². The lowest BCUT2D eigenvalue weighted by Gasteiger charge is -2.12. The third-order valence-corrected chi connectivity index (χ3v) is 2.34. The maximum Gasteiger partial charge on any atom is 0.252 e. The molecule has 0 bridgehead atoms. The fourth-order valence-electron chi connectivity index (χ4n) is 1.12. The van der Waals surface area contributed by atoms with Gasteiger partial charge in [-0.2, -0.15) is 0 Å². The van der Waals surface area contributed by atoms with Crippen LogP contribution >= 0.6 is 11.6 Å². The normalized spacial score (nSPS) is 12.2. The number of carbonyl (C=O) groups excluding carboxylic acids is 1. The zero-order valence-electron chi connectivity index (χ0n) is 8.94. The molecule has 1 aromatic carbocycles. The molecule has 16 heavy (non-hydrogen) atoms. The van der Waals surface area contributed by atoms with E-state index in [0.717, 1.165) is 0 Å². The van der Waals surface area contributed by atoms with Gasteiger partial charge in [-0.1, -0.05) is 18.5 Å². The molecule has 0 unspecified atom stereocenters. The summed E-state index contributed by atoms with van der Waals surface area (Å²) in [4.78, 5) is 11.1. The van der Waals surface area contributed by atoms with Gasteiger partial charge in [0, 0.05) is 5.02 Å². The molecule has 0 saturated carbocycles. The van der Waals surface area contributed by atoms with Crippen molar-refractivity contribution in [3.05, 3.63) is 28.8 Å². The van der Waals surface area contributed by atoms with Gasteiger partial charge in [-0.25, -0.2) is 0 Å². The van der Waals surface area contributed by atoms with E-state index in [9.17, 15) is 9.90 Å². The molecule has 0 aromatic heterocycles. The van der Waals surface area contributed by atoms with Gasteiger partial charge >= 0.3 is 0 Å². The number of halogens is 1. The van der Waals surface area contributed by atoms with Crippen molar-refractivity contribution in [3.63, 3.8) is 0 Å². The Balaban J connectivity index is 2.82. The monoisotopic (exact) mass is 243 g/mol. The summed E-state index contributed by atoms with van der Waals surface area (Å²) in [5.74, 6) is -0.270. The minimum Gasteiger partial charge on any atom is -0.490 e. The summed E-state index contributed by atoms with van der Waals surface area (Å²) >= 11 is 5.74. The zero-order chi connectivity index (χ0) is 12.1. The van der Waals surface area contributed by atoms with Crippen molar-refractivity contribution in [1.82, 2.24) is 0 Å². The maximum atomic E-state index is 11.1. The molecule has 1 amide bonds. The summed E-state index contributed by atoms with van der Waals surface area (Å²) in [6.07, 6.45) is 0.0239. The second-order valence-corrected chi connectivity index (χ2v) is 3.81.